The van der Waals surface area contributed by atoms with Gasteiger partial charge in [0.05, 0.1) is 0 Å². The van der Waals surface area contributed by atoms with Gasteiger partial charge < -0.3 is 0 Å². The highest BCUT2D eigenvalue weighted by atomic mass is 127. The van der Waals surface area contributed by atoms with Crippen LogP contribution in [-0.2, 0) is 0 Å². The molecule has 0 saturated heterocycles. The summed E-state index contributed by atoms with van der Waals surface area (Å²) in [5.41, 5.74) is 2.86. The van der Waals surface area contributed by atoms with Crippen molar-refractivity contribution in [1.29, 1.82) is 0 Å². The highest BCUT2D eigenvalue weighted by Gasteiger charge is 2.39. The Morgan fingerprint density at radius 2 is 1.87 bits per heavy atom. The van der Waals surface area contributed by atoms with Crippen LogP contribution in [0, 0.1) is 19.8 Å². The van der Waals surface area contributed by atoms with E-state index in [1.165, 1.54) is 22.4 Å². The molecule has 1 aromatic carbocycles. The van der Waals surface area contributed by atoms with E-state index in [-0.39, 0.29) is 0 Å². The molecular weight excluding hydrogens is 315 g/mol. The highest BCUT2D eigenvalue weighted by Crippen LogP contribution is 2.47. The largest absolute Gasteiger partial charge is 0.122 e. The third-order valence-corrected chi connectivity index (χ3v) is 6.11. The molecule has 1 fully saturated rings. The molecule has 0 bridgehead atoms. The van der Waals surface area contributed by atoms with Crippen LogP contribution in [0.4, 0.5) is 0 Å². The molecule has 15 heavy (non-hydrogen) atoms. The van der Waals surface area contributed by atoms with Crippen LogP contribution in [0.1, 0.15) is 24.5 Å². The van der Waals surface area contributed by atoms with Crippen LogP contribution in [0.25, 0.3) is 0 Å². The van der Waals surface area contributed by atoms with Crippen molar-refractivity contribution in [3.05, 3.63) is 29.3 Å². The third kappa shape index (κ3) is 2.70. The van der Waals surface area contributed by atoms with Gasteiger partial charge in [-0.25, -0.2) is 0 Å². The Bertz CT molecular complexity index is 341. The van der Waals surface area contributed by atoms with E-state index in [1.54, 1.807) is 0 Å². The second-order valence-electron chi connectivity index (χ2n) is 4.46. The van der Waals surface area contributed by atoms with Gasteiger partial charge in [-0.2, -0.15) is 0 Å². The molecule has 0 amide bonds. The molecule has 3 atom stereocenters. The molecule has 82 valence electrons. The Kier molecular flexibility index (Phi) is 3.66. The Morgan fingerprint density at radius 1 is 1.33 bits per heavy atom. The second-order valence-corrected chi connectivity index (χ2v) is 7.45. The molecule has 1 aromatic rings. The van der Waals surface area contributed by atoms with Gasteiger partial charge >= 0.3 is 0 Å². The van der Waals surface area contributed by atoms with Crippen molar-refractivity contribution in [2.24, 2.45) is 5.92 Å². The zero-order chi connectivity index (χ0) is 11.0. The van der Waals surface area contributed by atoms with Crippen LogP contribution in [0.3, 0.4) is 0 Å². The maximum absolute atomic E-state index is 2.58. The summed E-state index contributed by atoms with van der Waals surface area (Å²) in [6.07, 6.45) is 1.42. The van der Waals surface area contributed by atoms with E-state index >= 15 is 0 Å². The fraction of sp³-hybridized carbons (Fsp3) is 0.538. The third-order valence-electron chi connectivity index (χ3n) is 3.07. The molecule has 0 radical (unpaired) electrons. The lowest BCUT2D eigenvalue weighted by atomic mass is 10.2. The zero-order valence-corrected chi connectivity index (χ0v) is 12.4. The molecule has 0 unspecified atom stereocenters. The first kappa shape index (κ1) is 11.8. The lowest BCUT2D eigenvalue weighted by Gasteiger charge is -2.14. The van der Waals surface area contributed by atoms with Crippen molar-refractivity contribution in [2.45, 2.75) is 41.3 Å². The van der Waals surface area contributed by atoms with Gasteiger partial charge in [-0.05, 0) is 37.3 Å². The molecule has 0 N–H and O–H groups in total. The van der Waals surface area contributed by atoms with E-state index in [4.69, 9.17) is 0 Å². The molecule has 2 heteroatoms. The minimum absolute atomic E-state index is 0.770. The van der Waals surface area contributed by atoms with E-state index in [0.717, 1.165) is 15.1 Å². The predicted octanol–water partition coefficient (Wildman–Crippen LogP) is 4.61. The van der Waals surface area contributed by atoms with Crippen molar-refractivity contribution >= 4 is 34.4 Å². The van der Waals surface area contributed by atoms with Crippen molar-refractivity contribution < 1.29 is 0 Å². The smallest absolute Gasteiger partial charge is 0.0152 e. The molecule has 1 saturated carbocycles. The highest BCUT2D eigenvalue weighted by molar-refractivity contribution is 14.1. The molecule has 0 aliphatic heterocycles. The van der Waals surface area contributed by atoms with Crippen LogP contribution < -0.4 is 0 Å². The summed E-state index contributed by atoms with van der Waals surface area (Å²) in [7, 11) is 0. The van der Waals surface area contributed by atoms with Crippen molar-refractivity contribution in [2.75, 3.05) is 0 Å². The number of thioether (sulfide) groups is 1. The first-order valence-corrected chi connectivity index (χ1v) is 7.59. The lowest BCUT2D eigenvalue weighted by molar-refractivity contribution is 0.827. The SMILES string of the molecule is Cc1cccc(C)c1S[C@H](C)[C@@H]1C[C@@H]1I. The number of hydrogen-bond acceptors (Lipinski definition) is 1. The van der Waals surface area contributed by atoms with Crippen LogP contribution in [-0.4, -0.2) is 9.17 Å². The fourth-order valence-electron chi connectivity index (χ4n) is 1.93. The molecule has 1 aliphatic rings. The van der Waals surface area contributed by atoms with Crippen LogP contribution in [0.2, 0.25) is 0 Å². The minimum Gasteiger partial charge on any atom is -0.122 e. The maximum atomic E-state index is 2.58. The van der Waals surface area contributed by atoms with Crippen molar-refractivity contribution in [1.82, 2.24) is 0 Å². The van der Waals surface area contributed by atoms with E-state index < -0.39 is 0 Å². The molecule has 0 nitrogen and oxygen atoms in total. The quantitative estimate of drug-likeness (QED) is 0.443. The fourth-order valence-corrected chi connectivity index (χ4v) is 4.77. The zero-order valence-electron chi connectivity index (χ0n) is 9.46. The summed E-state index contributed by atoms with van der Waals surface area (Å²) in [6.45, 7) is 6.81. The lowest BCUT2D eigenvalue weighted by Crippen LogP contribution is -2.02. The predicted molar refractivity (Wildman–Crippen MR) is 77.2 cm³/mol. The van der Waals surface area contributed by atoms with Crippen molar-refractivity contribution in [3.63, 3.8) is 0 Å². The topological polar surface area (TPSA) is 0 Å². The van der Waals surface area contributed by atoms with E-state index in [0.29, 0.717) is 0 Å². The Labute approximate surface area is 110 Å². The molecule has 0 aromatic heterocycles. The normalized spacial score (nSPS) is 26.4. The number of halogens is 1. The molecule has 0 spiro atoms. The summed E-state index contributed by atoms with van der Waals surface area (Å²) >= 11 is 4.64. The number of hydrogen-bond donors (Lipinski definition) is 0. The van der Waals surface area contributed by atoms with Gasteiger partial charge in [0.1, 0.15) is 0 Å². The average molecular weight is 332 g/mol. The monoisotopic (exact) mass is 332 g/mol. The Morgan fingerprint density at radius 3 is 2.33 bits per heavy atom. The van der Waals surface area contributed by atoms with Gasteiger partial charge in [-0.1, -0.05) is 47.7 Å². The number of benzene rings is 1. The van der Waals surface area contributed by atoms with Gasteiger partial charge in [-0.15, -0.1) is 11.8 Å². The summed E-state index contributed by atoms with van der Waals surface area (Å²) in [5.74, 6) is 0.939. The summed E-state index contributed by atoms with van der Waals surface area (Å²) < 4.78 is 0.925. The molecule has 2 rings (SSSR count). The number of aryl methyl sites for hydroxylation is 2. The van der Waals surface area contributed by atoms with Gasteiger partial charge in [0.15, 0.2) is 0 Å². The molecule has 0 heterocycles. The number of alkyl halides is 1. The Hall–Kier alpha value is 0.300. The van der Waals surface area contributed by atoms with Crippen molar-refractivity contribution in [3.8, 4) is 0 Å². The minimum atomic E-state index is 0.770. The number of rotatable bonds is 3. The Balaban J connectivity index is 2.10. The van der Waals surface area contributed by atoms with E-state index in [9.17, 15) is 0 Å². The first-order valence-electron chi connectivity index (χ1n) is 5.46. The van der Waals surface area contributed by atoms with E-state index in [2.05, 4.69) is 73.3 Å². The van der Waals surface area contributed by atoms with E-state index in [1.807, 2.05) is 0 Å². The average Bonchev–Trinajstić information content (AvgIpc) is 2.89. The summed E-state index contributed by atoms with van der Waals surface area (Å²) in [5, 5.41) is 0.770. The van der Waals surface area contributed by atoms with Gasteiger partial charge in [0.2, 0.25) is 0 Å². The first-order chi connectivity index (χ1) is 7.09. The molecule has 1 aliphatic carbocycles. The maximum Gasteiger partial charge on any atom is 0.0152 e. The summed E-state index contributed by atoms with van der Waals surface area (Å²) in [6, 6.07) is 6.59. The second kappa shape index (κ2) is 4.66. The van der Waals surface area contributed by atoms with Crippen LogP contribution >= 0.6 is 34.4 Å². The van der Waals surface area contributed by atoms with Gasteiger partial charge in [0.25, 0.3) is 0 Å². The standard InChI is InChI=1S/C13H17IS/c1-8-5-4-6-9(2)13(8)15-10(3)11-7-12(11)14/h4-6,10-12H,7H2,1-3H3/t10-,11+,12+/m1/s1. The van der Waals surface area contributed by atoms with Crippen LogP contribution in [0.5, 0.6) is 0 Å². The molecular formula is C13H17IS. The van der Waals surface area contributed by atoms with Gasteiger partial charge in [-0.3, -0.25) is 0 Å². The van der Waals surface area contributed by atoms with Gasteiger partial charge in [0, 0.05) is 14.1 Å². The van der Waals surface area contributed by atoms with Crippen LogP contribution in [0.15, 0.2) is 23.1 Å². The summed E-state index contributed by atoms with van der Waals surface area (Å²) in [4.78, 5) is 1.50.